The van der Waals surface area contributed by atoms with Crippen LogP contribution in [0.25, 0.3) is 0 Å². The molecule has 4 nitrogen and oxygen atoms in total. The van der Waals surface area contributed by atoms with E-state index in [-0.39, 0.29) is 11.8 Å². The first-order valence-electron chi connectivity index (χ1n) is 4.83. The standard InChI is InChI=1S/C10H15BrN2O2/c1-7(2)13-10(8(11)6-12-13)9(14)4-5-15-3/h6-7H,4-5H2,1-3H3. The van der Waals surface area contributed by atoms with Gasteiger partial charge in [-0.25, -0.2) is 0 Å². The van der Waals surface area contributed by atoms with Crippen molar-refractivity contribution in [2.45, 2.75) is 26.3 Å². The lowest BCUT2D eigenvalue weighted by molar-refractivity contribution is 0.0919. The number of aromatic nitrogens is 2. The summed E-state index contributed by atoms with van der Waals surface area (Å²) < 4.78 is 7.36. The highest BCUT2D eigenvalue weighted by molar-refractivity contribution is 9.10. The van der Waals surface area contributed by atoms with Crippen molar-refractivity contribution in [3.05, 3.63) is 16.4 Å². The molecule has 0 unspecified atom stereocenters. The molecule has 0 saturated heterocycles. The van der Waals surface area contributed by atoms with Gasteiger partial charge in [-0.3, -0.25) is 9.48 Å². The quantitative estimate of drug-likeness (QED) is 0.775. The summed E-state index contributed by atoms with van der Waals surface area (Å²) in [7, 11) is 1.59. The first kappa shape index (κ1) is 12.4. The van der Waals surface area contributed by atoms with E-state index in [1.165, 1.54) is 0 Å². The van der Waals surface area contributed by atoms with Crippen LogP contribution in [0.15, 0.2) is 10.7 Å². The van der Waals surface area contributed by atoms with E-state index in [2.05, 4.69) is 21.0 Å². The predicted molar refractivity (Wildman–Crippen MR) is 61.1 cm³/mol. The smallest absolute Gasteiger partial charge is 0.184 e. The van der Waals surface area contributed by atoms with Crippen LogP contribution in [0.2, 0.25) is 0 Å². The molecule has 0 aromatic carbocycles. The highest BCUT2D eigenvalue weighted by atomic mass is 79.9. The van der Waals surface area contributed by atoms with Crippen LogP contribution in [0, 0.1) is 0 Å². The van der Waals surface area contributed by atoms with E-state index in [4.69, 9.17) is 4.74 Å². The molecule has 0 aliphatic carbocycles. The summed E-state index contributed by atoms with van der Waals surface area (Å²) in [4.78, 5) is 11.8. The zero-order valence-corrected chi connectivity index (χ0v) is 10.7. The normalized spacial score (nSPS) is 11.0. The highest BCUT2D eigenvalue weighted by Gasteiger charge is 2.18. The summed E-state index contributed by atoms with van der Waals surface area (Å²) >= 11 is 3.33. The molecule has 0 atom stereocenters. The van der Waals surface area contributed by atoms with Crippen molar-refractivity contribution in [3.8, 4) is 0 Å². The summed E-state index contributed by atoms with van der Waals surface area (Å²) in [5.74, 6) is 0.0509. The van der Waals surface area contributed by atoms with Gasteiger partial charge in [-0.15, -0.1) is 0 Å². The molecule has 15 heavy (non-hydrogen) atoms. The monoisotopic (exact) mass is 274 g/mol. The van der Waals surface area contributed by atoms with Crippen LogP contribution in [0.5, 0.6) is 0 Å². The van der Waals surface area contributed by atoms with Crippen LogP contribution >= 0.6 is 15.9 Å². The lowest BCUT2D eigenvalue weighted by Crippen LogP contribution is -2.14. The fourth-order valence-electron chi connectivity index (χ4n) is 1.31. The van der Waals surface area contributed by atoms with Crippen LogP contribution < -0.4 is 0 Å². The zero-order chi connectivity index (χ0) is 11.4. The second-order valence-corrected chi connectivity index (χ2v) is 4.40. The Morgan fingerprint density at radius 2 is 2.33 bits per heavy atom. The topological polar surface area (TPSA) is 44.1 Å². The molecule has 1 aromatic rings. The van der Waals surface area contributed by atoms with E-state index in [9.17, 15) is 4.79 Å². The van der Waals surface area contributed by atoms with Crippen LogP contribution in [-0.4, -0.2) is 29.3 Å². The number of hydrogen-bond acceptors (Lipinski definition) is 3. The number of methoxy groups -OCH3 is 1. The molecule has 0 saturated carbocycles. The number of hydrogen-bond donors (Lipinski definition) is 0. The number of Topliss-reactive ketones (excluding diaryl/α,β-unsaturated/α-hetero) is 1. The van der Waals surface area contributed by atoms with Crippen molar-refractivity contribution in [3.63, 3.8) is 0 Å². The molecule has 1 rings (SSSR count). The molecule has 0 radical (unpaired) electrons. The zero-order valence-electron chi connectivity index (χ0n) is 9.16. The summed E-state index contributed by atoms with van der Waals surface area (Å²) in [6, 6.07) is 0.179. The number of carbonyl (C=O) groups is 1. The van der Waals surface area contributed by atoms with Gasteiger partial charge in [-0.2, -0.15) is 5.10 Å². The molecule has 1 heterocycles. The SMILES string of the molecule is COCCC(=O)c1c(Br)cnn1C(C)C. The van der Waals surface area contributed by atoms with E-state index in [0.717, 1.165) is 4.47 Å². The molecule has 0 spiro atoms. The van der Waals surface area contributed by atoms with Crippen LogP contribution in [0.4, 0.5) is 0 Å². The Hall–Kier alpha value is -0.680. The maximum absolute atomic E-state index is 11.8. The lowest BCUT2D eigenvalue weighted by Gasteiger charge is -2.10. The van der Waals surface area contributed by atoms with Crippen molar-refractivity contribution >= 4 is 21.7 Å². The fourth-order valence-corrected chi connectivity index (χ4v) is 1.80. The van der Waals surface area contributed by atoms with Gasteiger partial charge in [-0.05, 0) is 29.8 Å². The van der Waals surface area contributed by atoms with Gasteiger partial charge >= 0.3 is 0 Å². The van der Waals surface area contributed by atoms with Crippen LogP contribution in [-0.2, 0) is 4.74 Å². The van der Waals surface area contributed by atoms with E-state index < -0.39 is 0 Å². The Labute approximate surface area is 97.7 Å². The Kier molecular flexibility index (Phi) is 4.47. The van der Waals surface area contributed by atoms with E-state index in [1.54, 1.807) is 18.0 Å². The second kappa shape index (κ2) is 5.42. The minimum atomic E-state index is 0.0509. The average molecular weight is 275 g/mol. The van der Waals surface area contributed by atoms with Crippen molar-refractivity contribution in [1.82, 2.24) is 9.78 Å². The van der Waals surface area contributed by atoms with Gasteiger partial charge in [0.2, 0.25) is 0 Å². The number of carbonyl (C=O) groups excluding carboxylic acids is 1. The molecule has 0 fully saturated rings. The number of halogens is 1. The van der Waals surface area contributed by atoms with Gasteiger partial charge in [0.15, 0.2) is 5.78 Å². The van der Waals surface area contributed by atoms with E-state index in [0.29, 0.717) is 18.7 Å². The van der Waals surface area contributed by atoms with Crippen molar-refractivity contribution in [2.24, 2.45) is 0 Å². The Bertz CT molecular complexity index is 347. The third kappa shape index (κ3) is 2.89. The third-order valence-electron chi connectivity index (χ3n) is 2.04. The van der Waals surface area contributed by atoms with Gasteiger partial charge in [0.1, 0.15) is 5.69 Å². The van der Waals surface area contributed by atoms with Gasteiger partial charge in [0, 0.05) is 19.6 Å². The summed E-state index contributed by atoms with van der Waals surface area (Å²) in [5.41, 5.74) is 0.627. The third-order valence-corrected chi connectivity index (χ3v) is 2.62. The molecule has 5 heteroatoms. The molecule has 1 aromatic heterocycles. The minimum Gasteiger partial charge on any atom is -0.384 e. The first-order valence-corrected chi connectivity index (χ1v) is 5.62. The first-order chi connectivity index (χ1) is 7.07. The van der Waals surface area contributed by atoms with Gasteiger partial charge in [0.25, 0.3) is 0 Å². The Morgan fingerprint density at radius 3 is 2.87 bits per heavy atom. The minimum absolute atomic E-state index is 0.0509. The molecule has 0 N–H and O–H groups in total. The van der Waals surface area contributed by atoms with E-state index >= 15 is 0 Å². The summed E-state index contributed by atoms with van der Waals surface area (Å²) in [6.45, 7) is 4.42. The maximum Gasteiger partial charge on any atom is 0.184 e. The number of rotatable bonds is 5. The highest BCUT2D eigenvalue weighted by Crippen LogP contribution is 2.20. The maximum atomic E-state index is 11.8. The van der Waals surface area contributed by atoms with Crippen molar-refractivity contribution in [1.29, 1.82) is 0 Å². The lowest BCUT2D eigenvalue weighted by atomic mass is 10.2. The molecule has 0 aliphatic rings. The van der Waals surface area contributed by atoms with Crippen LogP contribution in [0.3, 0.4) is 0 Å². The van der Waals surface area contributed by atoms with Crippen molar-refractivity contribution in [2.75, 3.05) is 13.7 Å². The molecular formula is C10H15BrN2O2. The average Bonchev–Trinajstić information content (AvgIpc) is 2.56. The Morgan fingerprint density at radius 1 is 1.67 bits per heavy atom. The van der Waals surface area contributed by atoms with E-state index in [1.807, 2.05) is 13.8 Å². The summed E-state index contributed by atoms with van der Waals surface area (Å²) in [6.07, 6.45) is 2.04. The fraction of sp³-hybridized carbons (Fsp3) is 0.600. The number of ketones is 1. The largest absolute Gasteiger partial charge is 0.384 e. The Balaban J connectivity index is 2.91. The predicted octanol–water partition coefficient (Wildman–Crippen LogP) is 2.45. The number of ether oxygens (including phenoxy) is 1. The summed E-state index contributed by atoms with van der Waals surface area (Å²) in [5, 5.41) is 4.15. The number of nitrogens with zero attached hydrogens (tertiary/aromatic N) is 2. The van der Waals surface area contributed by atoms with Crippen molar-refractivity contribution < 1.29 is 9.53 Å². The van der Waals surface area contributed by atoms with Gasteiger partial charge in [-0.1, -0.05) is 0 Å². The van der Waals surface area contributed by atoms with Crippen LogP contribution in [0.1, 0.15) is 36.8 Å². The molecule has 0 amide bonds. The molecule has 84 valence electrons. The molecular weight excluding hydrogens is 260 g/mol. The second-order valence-electron chi connectivity index (χ2n) is 3.55. The van der Waals surface area contributed by atoms with Gasteiger partial charge in [0.05, 0.1) is 17.3 Å². The van der Waals surface area contributed by atoms with Gasteiger partial charge < -0.3 is 4.74 Å². The molecule has 0 bridgehead atoms. The molecule has 0 aliphatic heterocycles.